The Labute approximate surface area is 153 Å². The van der Waals surface area contributed by atoms with Crippen molar-refractivity contribution in [1.82, 2.24) is 4.90 Å². The molecule has 2 aromatic rings. The number of carbonyl (C=O) groups excluding carboxylic acids is 2. The smallest absolute Gasteiger partial charge is 0.226 e. The van der Waals surface area contributed by atoms with Gasteiger partial charge in [0.05, 0.1) is 6.04 Å². The van der Waals surface area contributed by atoms with Crippen molar-refractivity contribution < 1.29 is 9.59 Å². The minimum Gasteiger partial charge on any atom is -0.336 e. The molecule has 0 aliphatic carbocycles. The van der Waals surface area contributed by atoms with Crippen molar-refractivity contribution in [2.75, 3.05) is 11.9 Å². The lowest BCUT2D eigenvalue weighted by Gasteiger charge is -2.28. The van der Waals surface area contributed by atoms with Gasteiger partial charge in [0.15, 0.2) is 0 Å². The molecule has 25 heavy (non-hydrogen) atoms. The molecule has 0 heterocycles. The highest BCUT2D eigenvalue weighted by atomic mass is 35.5. The molecule has 5 heteroatoms. The molecule has 1 unspecified atom stereocenters. The van der Waals surface area contributed by atoms with E-state index in [0.717, 1.165) is 11.1 Å². The minimum atomic E-state index is -0.147. The average Bonchev–Trinajstić information content (AvgIpc) is 2.58. The third kappa shape index (κ3) is 5.33. The molecule has 0 aliphatic heterocycles. The molecule has 0 aromatic heterocycles. The Morgan fingerprint density at radius 3 is 2.44 bits per heavy atom. The number of anilines is 1. The lowest BCUT2D eigenvalue weighted by atomic mass is 10.1. The van der Waals surface area contributed by atoms with Crippen LogP contribution in [0.15, 0.2) is 48.5 Å². The summed E-state index contributed by atoms with van der Waals surface area (Å²) in [4.78, 5) is 25.9. The van der Waals surface area contributed by atoms with E-state index >= 15 is 0 Å². The van der Waals surface area contributed by atoms with Gasteiger partial charge in [-0.25, -0.2) is 0 Å². The van der Waals surface area contributed by atoms with E-state index in [9.17, 15) is 9.59 Å². The van der Waals surface area contributed by atoms with Crippen LogP contribution >= 0.6 is 11.6 Å². The lowest BCUT2D eigenvalue weighted by Crippen LogP contribution is -2.34. The van der Waals surface area contributed by atoms with E-state index in [0.29, 0.717) is 17.3 Å². The number of carbonyl (C=O) groups is 2. The molecule has 2 amide bonds. The number of nitrogens with zero attached hydrogens (tertiary/aromatic N) is 1. The predicted molar refractivity (Wildman–Crippen MR) is 102 cm³/mol. The molecule has 0 saturated heterocycles. The molecule has 0 aliphatic rings. The van der Waals surface area contributed by atoms with Gasteiger partial charge in [-0.3, -0.25) is 9.59 Å². The molecule has 0 fully saturated rings. The van der Waals surface area contributed by atoms with Crippen molar-refractivity contribution in [3.05, 3.63) is 64.7 Å². The summed E-state index contributed by atoms with van der Waals surface area (Å²) in [7, 11) is 0. The van der Waals surface area contributed by atoms with E-state index in [2.05, 4.69) is 5.32 Å². The number of benzene rings is 2. The maximum atomic E-state index is 12.2. The van der Waals surface area contributed by atoms with Crippen molar-refractivity contribution in [1.29, 1.82) is 0 Å². The largest absolute Gasteiger partial charge is 0.336 e. The third-order valence-electron chi connectivity index (χ3n) is 4.19. The Morgan fingerprint density at radius 2 is 1.84 bits per heavy atom. The summed E-state index contributed by atoms with van der Waals surface area (Å²) in [5, 5.41) is 3.43. The van der Waals surface area contributed by atoms with Crippen LogP contribution in [0.1, 0.15) is 37.4 Å². The van der Waals surface area contributed by atoms with Crippen LogP contribution in [0.5, 0.6) is 0 Å². The fourth-order valence-electron chi connectivity index (χ4n) is 2.65. The monoisotopic (exact) mass is 358 g/mol. The van der Waals surface area contributed by atoms with Crippen LogP contribution < -0.4 is 5.32 Å². The van der Waals surface area contributed by atoms with Crippen LogP contribution in [0.2, 0.25) is 5.02 Å². The van der Waals surface area contributed by atoms with Gasteiger partial charge in [0.1, 0.15) is 0 Å². The molecule has 2 rings (SSSR count). The fourth-order valence-corrected chi connectivity index (χ4v) is 2.83. The van der Waals surface area contributed by atoms with Gasteiger partial charge in [-0.1, -0.05) is 48.0 Å². The van der Waals surface area contributed by atoms with Gasteiger partial charge in [0.2, 0.25) is 11.8 Å². The Morgan fingerprint density at radius 1 is 1.16 bits per heavy atom. The summed E-state index contributed by atoms with van der Waals surface area (Å²) >= 11 is 6.07. The highest BCUT2D eigenvalue weighted by molar-refractivity contribution is 6.31. The molecule has 4 nitrogen and oxygen atoms in total. The Balaban J connectivity index is 1.97. The quantitative estimate of drug-likeness (QED) is 0.821. The zero-order valence-corrected chi connectivity index (χ0v) is 15.5. The predicted octanol–water partition coefficient (Wildman–Crippen LogP) is 4.59. The first kappa shape index (κ1) is 19.0. The molecule has 0 bridgehead atoms. The first-order valence-electron chi connectivity index (χ1n) is 8.26. The fraction of sp³-hybridized carbons (Fsp3) is 0.300. The summed E-state index contributed by atoms with van der Waals surface area (Å²) in [6.45, 7) is 5.76. The molecule has 0 saturated carbocycles. The van der Waals surface area contributed by atoms with Crippen molar-refractivity contribution in [2.24, 2.45) is 0 Å². The second-order valence-electron chi connectivity index (χ2n) is 6.06. The van der Waals surface area contributed by atoms with Crippen molar-refractivity contribution in [3.63, 3.8) is 0 Å². The lowest BCUT2D eigenvalue weighted by molar-refractivity contribution is -0.131. The Hall–Kier alpha value is -2.33. The first-order valence-corrected chi connectivity index (χ1v) is 8.64. The first-order chi connectivity index (χ1) is 11.9. The molecule has 1 atom stereocenters. The van der Waals surface area contributed by atoms with Gasteiger partial charge in [0, 0.05) is 30.6 Å². The molecule has 132 valence electrons. The normalized spacial score (nSPS) is 11.7. The van der Waals surface area contributed by atoms with Crippen LogP contribution in [-0.2, 0) is 9.59 Å². The molecule has 0 radical (unpaired) electrons. The maximum absolute atomic E-state index is 12.2. The Bertz CT molecular complexity index is 747. The zero-order valence-electron chi connectivity index (χ0n) is 14.8. The number of amides is 2. The van der Waals surface area contributed by atoms with Gasteiger partial charge in [-0.15, -0.1) is 0 Å². The van der Waals surface area contributed by atoms with E-state index < -0.39 is 0 Å². The minimum absolute atomic E-state index is 0.0532. The van der Waals surface area contributed by atoms with Gasteiger partial charge in [-0.2, -0.15) is 0 Å². The van der Waals surface area contributed by atoms with Crippen molar-refractivity contribution >= 4 is 29.1 Å². The number of hydrogen-bond donors (Lipinski definition) is 1. The summed E-state index contributed by atoms with van der Waals surface area (Å²) in [5.74, 6) is -0.200. The topological polar surface area (TPSA) is 49.4 Å². The van der Waals surface area contributed by atoms with E-state index in [1.54, 1.807) is 11.0 Å². The number of rotatable bonds is 6. The van der Waals surface area contributed by atoms with Crippen molar-refractivity contribution in [3.8, 4) is 0 Å². The van der Waals surface area contributed by atoms with Gasteiger partial charge >= 0.3 is 0 Å². The van der Waals surface area contributed by atoms with Gasteiger partial charge in [-0.05, 0) is 37.1 Å². The summed E-state index contributed by atoms with van der Waals surface area (Å²) in [6.07, 6.45) is 0.224. The van der Waals surface area contributed by atoms with E-state index in [4.69, 9.17) is 11.6 Å². The zero-order chi connectivity index (χ0) is 18.4. The molecule has 1 N–H and O–H groups in total. The molecular formula is C20H23ClN2O2. The van der Waals surface area contributed by atoms with Gasteiger partial charge in [0.25, 0.3) is 0 Å². The number of nitrogens with one attached hydrogen (secondary N) is 1. The second-order valence-corrected chi connectivity index (χ2v) is 6.47. The summed E-state index contributed by atoms with van der Waals surface area (Å²) in [6, 6.07) is 15.1. The molecule has 2 aromatic carbocycles. The van der Waals surface area contributed by atoms with Crippen LogP contribution in [0, 0.1) is 6.92 Å². The third-order valence-corrected chi connectivity index (χ3v) is 4.60. The molecule has 0 spiro atoms. The highest BCUT2D eigenvalue weighted by Crippen LogP contribution is 2.22. The average molecular weight is 359 g/mol. The highest BCUT2D eigenvalue weighted by Gasteiger charge is 2.19. The van der Waals surface area contributed by atoms with Crippen LogP contribution in [0.3, 0.4) is 0 Å². The van der Waals surface area contributed by atoms with E-state index in [1.165, 1.54) is 6.92 Å². The van der Waals surface area contributed by atoms with E-state index in [1.807, 2.05) is 56.3 Å². The summed E-state index contributed by atoms with van der Waals surface area (Å²) in [5.41, 5.74) is 2.66. The maximum Gasteiger partial charge on any atom is 0.226 e. The standard InChI is InChI=1S/C20H23ClN2O2/c1-14-9-10-18(13-19(14)21)22-20(25)11-12-23(16(3)24)15(2)17-7-5-4-6-8-17/h4-10,13,15H,11-12H2,1-3H3,(H,22,25). The van der Waals surface area contributed by atoms with Crippen LogP contribution in [-0.4, -0.2) is 23.3 Å². The number of aryl methyl sites for hydroxylation is 1. The van der Waals surface area contributed by atoms with Crippen LogP contribution in [0.4, 0.5) is 5.69 Å². The SMILES string of the molecule is CC(=O)N(CCC(=O)Nc1ccc(C)c(Cl)c1)C(C)c1ccccc1. The summed E-state index contributed by atoms with van der Waals surface area (Å²) < 4.78 is 0. The van der Waals surface area contributed by atoms with Crippen molar-refractivity contribution in [2.45, 2.75) is 33.2 Å². The second kappa shape index (κ2) is 8.67. The Kier molecular flexibility index (Phi) is 6.59. The number of hydrogen-bond acceptors (Lipinski definition) is 2. The van der Waals surface area contributed by atoms with E-state index in [-0.39, 0.29) is 24.3 Å². The number of halogens is 1. The van der Waals surface area contributed by atoms with Gasteiger partial charge < -0.3 is 10.2 Å². The van der Waals surface area contributed by atoms with Crippen LogP contribution in [0.25, 0.3) is 0 Å². The molecular weight excluding hydrogens is 336 g/mol.